The van der Waals surface area contributed by atoms with Crippen LogP contribution >= 0.6 is 0 Å². The molecule has 0 saturated carbocycles. The van der Waals surface area contributed by atoms with Crippen molar-refractivity contribution in [1.82, 2.24) is 10.2 Å². The Morgan fingerprint density at radius 2 is 1.79 bits per heavy atom. The second-order valence-electron chi connectivity index (χ2n) is 6.02. The summed E-state index contributed by atoms with van der Waals surface area (Å²) in [7, 11) is 0. The molecule has 8 heteroatoms. The number of nitrogens with zero attached hydrogens (tertiary/aromatic N) is 1. The van der Waals surface area contributed by atoms with Crippen molar-refractivity contribution in [3.05, 3.63) is 77.1 Å². The van der Waals surface area contributed by atoms with Crippen LogP contribution in [-0.2, 0) is 9.59 Å². The molecular formula is C20H12N2O6. The topological polar surface area (TPSA) is 113 Å². The molecule has 0 aliphatic carbocycles. The van der Waals surface area contributed by atoms with Crippen LogP contribution in [0.5, 0.6) is 11.5 Å². The predicted octanol–water partition coefficient (Wildman–Crippen LogP) is 1.97. The van der Waals surface area contributed by atoms with E-state index in [0.717, 1.165) is 6.20 Å². The molecule has 8 nitrogen and oxygen atoms in total. The number of hydrogen-bond donors (Lipinski definition) is 2. The first kappa shape index (κ1) is 17.2. The van der Waals surface area contributed by atoms with Gasteiger partial charge in [-0.05, 0) is 35.9 Å². The molecule has 0 atom stereocenters. The van der Waals surface area contributed by atoms with Crippen LogP contribution in [0.25, 0.3) is 6.08 Å². The van der Waals surface area contributed by atoms with Gasteiger partial charge in [-0.2, -0.15) is 0 Å². The number of amides is 3. The lowest BCUT2D eigenvalue weighted by molar-refractivity contribution is -0.130. The van der Waals surface area contributed by atoms with Crippen molar-refractivity contribution < 1.29 is 29.0 Å². The van der Waals surface area contributed by atoms with E-state index in [0.29, 0.717) is 10.5 Å². The van der Waals surface area contributed by atoms with Crippen LogP contribution in [0.1, 0.15) is 15.9 Å². The average Bonchev–Trinajstić information content (AvgIpc) is 2.92. The molecule has 3 amide bonds. The van der Waals surface area contributed by atoms with Gasteiger partial charge in [0, 0.05) is 6.20 Å². The number of aromatic hydroxyl groups is 1. The minimum absolute atomic E-state index is 0.000639. The first-order valence-corrected chi connectivity index (χ1v) is 8.17. The molecule has 1 saturated heterocycles. The number of hydrogen-bond acceptors (Lipinski definition) is 6. The van der Waals surface area contributed by atoms with E-state index in [1.807, 2.05) is 0 Å². The highest BCUT2D eigenvalue weighted by atomic mass is 16.5. The van der Waals surface area contributed by atoms with Crippen molar-refractivity contribution in [2.24, 2.45) is 0 Å². The molecular weight excluding hydrogens is 364 g/mol. The second kappa shape index (κ2) is 6.51. The third-order valence-corrected chi connectivity index (χ3v) is 4.15. The zero-order valence-corrected chi connectivity index (χ0v) is 14.2. The number of carbonyl (C=O) groups excluding carboxylic acids is 4. The van der Waals surface area contributed by atoms with E-state index in [9.17, 15) is 24.3 Å². The van der Waals surface area contributed by atoms with Crippen molar-refractivity contribution in [3.63, 3.8) is 0 Å². The summed E-state index contributed by atoms with van der Waals surface area (Å²) in [5, 5.41) is 11.9. The smallest absolute Gasteiger partial charge is 0.349 e. The van der Waals surface area contributed by atoms with Crippen molar-refractivity contribution >= 4 is 29.8 Å². The van der Waals surface area contributed by atoms with E-state index in [1.165, 1.54) is 30.3 Å². The maximum Gasteiger partial charge on any atom is 0.349 e. The predicted molar refractivity (Wildman–Crippen MR) is 96.0 cm³/mol. The number of rotatable bonds is 2. The Labute approximate surface area is 158 Å². The van der Waals surface area contributed by atoms with Gasteiger partial charge in [-0.25, -0.2) is 14.5 Å². The van der Waals surface area contributed by atoms with Crippen LogP contribution in [-0.4, -0.2) is 33.7 Å². The summed E-state index contributed by atoms with van der Waals surface area (Å²) in [6.07, 6.45) is 2.25. The van der Waals surface area contributed by atoms with Crippen LogP contribution in [0.4, 0.5) is 4.79 Å². The van der Waals surface area contributed by atoms with E-state index < -0.39 is 29.3 Å². The van der Waals surface area contributed by atoms with E-state index in [-0.39, 0.29) is 22.8 Å². The zero-order valence-electron chi connectivity index (χ0n) is 14.2. The molecule has 4 rings (SSSR count). The summed E-state index contributed by atoms with van der Waals surface area (Å²) in [4.78, 5) is 50.1. The van der Waals surface area contributed by atoms with Crippen LogP contribution in [0.3, 0.4) is 0 Å². The Morgan fingerprint density at radius 3 is 2.57 bits per heavy atom. The summed E-state index contributed by atoms with van der Waals surface area (Å²) >= 11 is 0. The first-order chi connectivity index (χ1) is 13.4. The number of Topliss-reactive ketones (excluding diaryl/α,β-unsaturated/α-hetero) is 1. The van der Waals surface area contributed by atoms with Crippen LogP contribution < -0.4 is 10.1 Å². The zero-order chi connectivity index (χ0) is 19.8. The van der Waals surface area contributed by atoms with Gasteiger partial charge >= 0.3 is 12.0 Å². The molecule has 0 unspecified atom stereocenters. The van der Waals surface area contributed by atoms with Gasteiger partial charge in [0.2, 0.25) is 5.78 Å². The molecule has 0 radical (unpaired) electrons. The fraction of sp³-hybridized carbons (Fsp3) is 0. The number of carbonyl (C=O) groups is 4. The van der Waals surface area contributed by atoms with Gasteiger partial charge in [-0.15, -0.1) is 0 Å². The number of nitrogens with one attached hydrogen (secondary N) is 1. The molecule has 2 heterocycles. The summed E-state index contributed by atoms with van der Waals surface area (Å²) in [5.74, 6) is -2.22. The van der Waals surface area contributed by atoms with Gasteiger partial charge in [-0.3, -0.25) is 9.59 Å². The van der Waals surface area contributed by atoms with Crippen molar-refractivity contribution in [2.45, 2.75) is 0 Å². The van der Waals surface area contributed by atoms with Gasteiger partial charge in [-0.1, -0.05) is 24.3 Å². The summed E-state index contributed by atoms with van der Waals surface area (Å²) in [6, 6.07) is 11.5. The molecule has 28 heavy (non-hydrogen) atoms. The van der Waals surface area contributed by atoms with E-state index >= 15 is 0 Å². The number of esters is 1. The highest BCUT2D eigenvalue weighted by Gasteiger charge is 2.37. The van der Waals surface area contributed by atoms with Crippen LogP contribution in [0.15, 0.2) is 66.0 Å². The second-order valence-corrected chi connectivity index (χ2v) is 6.02. The lowest BCUT2D eigenvalue weighted by atomic mass is 10.0. The maximum atomic E-state index is 12.6. The van der Waals surface area contributed by atoms with Gasteiger partial charge < -0.3 is 15.2 Å². The summed E-state index contributed by atoms with van der Waals surface area (Å²) < 4.78 is 5.09. The Kier molecular flexibility index (Phi) is 4.00. The largest absolute Gasteiger partial charge is 0.508 e. The molecule has 2 N–H and O–H groups in total. The summed E-state index contributed by atoms with van der Waals surface area (Å²) in [6.45, 7) is 0. The molecule has 0 spiro atoms. The number of urea groups is 1. The number of phenolic OH excluding ortho intramolecular Hbond substituents is 1. The van der Waals surface area contributed by atoms with Gasteiger partial charge in [0.25, 0.3) is 5.91 Å². The number of ether oxygens (including phenoxy) is 1. The fourth-order valence-corrected chi connectivity index (χ4v) is 2.82. The molecule has 2 aliphatic rings. The third kappa shape index (κ3) is 2.92. The SMILES string of the molecule is O=C1Oc2ccccc2C(=O)/C1=C\N1C(=O)N/C(=C/c2cccc(O)c2)C1=O. The molecule has 1 fully saturated rings. The van der Waals surface area contributed by atoms with Gasteiger partial charge in [0.1, 0.15) is 22.8 Å². The Balaban J connectivity index is 1.67. The lowest BCUT2D eigenvalue weighted by Crippen LogP contribution is -2.31. The van der Waals surface area contributed by atoms with E-state index in [2.05, 4.69) is 5.32 Å². The Morgan fingerprint density at radius 1 is 1.00 bits per heavy atom. The normalized spacial score (nSPS) is 19.1. The Bertz CT molecular complexity index is 1120. The van der Waals surface area contributed by atoms with Crippen molar-refractivity contribution in [3.8, 4) is 11.5 Å². The minimum atomic E-state index is -0.949. The highest BCUT2D eigenvalue weighted by Crippen LogP contribution is 2.28. The van der Waals surface area contributed by atoms with Crippen molar-refractivity contribution in [2.75, 3.05) is 0 Å². The van der Waals surface area contributed by atoms with Gasteiger partial charge in [0.05, 0.1) is 5.56 Å². The third-order valence-electron chi connectivity index (χ3n) is 4.15. The molecule has 138 valence electrons. The van der Waals surface area contributed by atoms with Crippen molar-refractivity contribution in [1.29, 1.82) is 0 Å². The Hall–Kier alpha value is -4.20. The quantitative estimate of drug-likeness (QED) is 0.272. The minimum Gasteiger partial charge on any atom is -0.508 e. The molecule has 0 bridgehead atoms. The average molecular weight is 376 g/mol. The number of phenols is 1. The van der Waals surface area contributed by atoms with Crippen LogP contribution in [0.2, 0.25) is 0 Å². The number of imide groups is 1. The number of ketones is 1. The van der Waals surface area contributed by atoms with E-state index in [4.69, 9.17) is 4.74 Å². The summed E-state index contributed by atoms with van der Waals surface area (Å²) in [5.41, 5.74) is 0.154. The van der Waals surface area contributed by atoms with Crippen LogP contribution in [0, 0.1) is 0 Å². The first-order valence-electron chi connectivity index (χ1n) is 8.17. The standard InChI is InChI=1S/C20H12N2O6/c23-12-5-3-4-11(8-12)9-15-18(25)22(20(27)21-15)10-14-17(24)13-6-1-2-7-16(13)28-19(14)26/h1-10,23H,(H,21,27)/b14-10+,15-9+. The highest BCUT2D eigenvalue weighted by molar-refractivity contribution is 6.28. The van der Waals surface area contributed by atoms with E-state index in [1.54, 1.807) is 24.3 Å². The monoisotopic (exact) mass is 376 g/mol. The number of para-hydroxylation sites is 1. The fourth-order valence-electron chi connectivity index (χ4n) is 2.82. The molecule has 0 aromatic heterocycles. The number of benzene rings is 2. The maximum absolute atomic E-state index is 12.6. The molecule has 2 aromatic carbocycles. The lowest BCUT2D eigenvalue weighted by Gasteiger charge is -2.17. The molecule has 2 aliphatic heterocycles. The van der Waals surface area contributed by atoms with Gasteiger partial charge in [0.15, 0.2) is 0 Å². The molecule has 2 aromatic rings. The number of fused-ring (bicyclic) bond motifs is 1.